The van der Waals surface area contributed by atoms with Gasteiger partial charge in [0.15, 0.2) is 5.65 Å². The van der Waals surface area contributed by atoms with Crippen molar-refractivity contribution in [1.29, 1.82) is 0 Å². The minimum Gasteiger partial charge on any atom is -0.352 e. The van der Waals surface area contributed by atoms with Gasteiger partial charge in [0.1, 0.15) is 16.2 Å². The molecule has 2 fully saturated rings. The monoisotopic (exact) mass is 473 g/mol. The van der Waals surface area contributed by atoms with E-state index in [-0.39, 0.29) is 22.8 Å². The molecule has 0 aliphatic heterocycles. The lowest BCUT2D eigenvalue weighted by Crippen LogP contribution is -2.43. The van der Waals surface area contributed by atoms with Crippen molar-refractivity contribution in [2.24, 2.45) is 31.8 Å². The number of fused-ring (bicyclic) bond motifs is 3. The third-order valence-electron chi connectivity index (χ3n) is 7.40. The number of aromatic nitrogens is 4. The van der Waals surface area contributed by atoms with Crippen LogP contribution in [0.25, 0.3) is 11.0 Å². The fraction of sp³-hybridized carbons (Fsp3) is 0.708. The van der Waals surface area contributed by atoms with E-state index in [9.17, 15) is 14.4 Å². The number of amides is 1. The summed E-state index contributed by atoms with van der Waals surface area (Å²) in [4.78, 5) is 47.9. The number of hydrogen-bond donors (Lipinski definition) is 1. The molecule has 1 amide bonds. The summed E-state index contributed by atoms with van der Waals surface area (Å²) in [6, 6.07) is 0.136. The lowest BCUT2D eigenvalue weighted by molar-refractivity contribution is -0.121. The van der Waals surface area contributed by atoms with Crippen LogP contribution in [-0.2, 0) is 24.3 Å². The molecule has 2 bridgehead atoms. The smallest absolute Gasteiger partial charge is 0.332 e. The zero-order valence-corrected chi connectivity index (χ0v) is 21.5. The van der Waals surface area contributed by atoms with E-state index in [1.54, 1.807) is 7.05 Å². The number of thioether (sulfide) groups is 1. The molecule has 4 rings (SSSR count). The second-order valence-corrected chi connectivity index (χ2v) is 12.2. The fourth-order valence-electron chi connectivity index (χ4n) is 5.43. The zero-order valence-electron chi connectivity index (χ0n) is 20.6. The van der Waals surface area contributed by atoms with Gasteiger partial charge in [0.2, 0.25) is 5.91 Å². The summed E-state index contributed by atoms with van der Waals surface area (Å²) in [5.41, 5.74) is -0.970. The van der Waals surface area contributed by atoms with Gasteiger partial charge >= 0.3 is 5.69 Å². The van der Waals surface area contributed by atoms with Crippen molar-refractivity contribution in [3.8, 4) is 0 Å². The van der Waals surface area contributed by atoms with Gasteiger partial charge in [0, 0.05) is 25.6 Å². The molecule has 2 aliphatic rings. The Balaban J connectivity index is 1.65. The SMILES string of the molecule is C[C@H](Sc1nc(C(C)(C)C)nc2c1c(=O)n(C)c(=O)n2C)C(=O)N[C@@H](C)[C@@H]1C[C@H]2CC[C@H]1C2. The number of rotatable bonds is 5. The molecular formula is C24H35N5O3S. The Hall–Kier alpha value is -2.16. The van der Waals surface area contributed by atoms with Gasteiger partial charge in [0.05, 0.1) is 5.25 Å². The van der Waals surface area contributed by atoms with Crippen LogP contribution in [-0.4, -0.2) is 36.3 Å². The van der Waals surface area contributed by atoms with E-state index < -0.39 is 16.5 Å². The van der Waals surface area contributed by atoms with E-state index in [1.165, 1.54) is 49.1 Å². The number of hydrogen-bond acceptors (Lipinski definition) is 6. The Kier molecular flexibility index (Phi) is 6.22. The summed E-state index contributed by atoms with van der Waals surface area (Å²) >= 11 is 1.26. The first-order valence-electron chi connectivity index (χ1n) is 11.8. The summed E-state index contributed by atoms with van der Waals surface area (Å²) in [5, 5.41) is 3.50. The molecule has 0 aromatic carbocycles. The van der Waals surface area contributed by atoms with Gasteiger partial charge in [0.25, 0.3) is 5.56 Å². The maximum atomic E-state index is 13.1. The van der Waals surface area contributed by atoms with Gasteiger partial charge in [-0.25, -0.2) is 14.8 Å². The quantitative estimate of drug-likeness (QED) is 0.530. The van der Waals surface area contributed by atoms with Gasteiger partial charge in [-0.15, -0.1) is 0 Å². The van der Waals surface area contributed by atoms with Gasteiger partial charge in [-0.3, -0.25) is 18.7 Å². The van der Waals surface area contributed by atoms with E-state index >= 15 is 0 Å². The molecular weight excluding hydrogens is 438 g/mol. The Bertz CT molecular complexity index is 1210. The molecule has 2 heterocycles. The van der Waals surface area contributed by atoms with Gasteiger partial charge in [-0.05, 0) is 50.9 Å². The maximum absolute atomic E-state index is 13.1. The topological polar surface area (TPSA) is 98.9 Å². The molecule has 2 saturated carbocycles. The molecule has 9 heteroatoms. The summed E-state index contributed by atoms with van der Waals surface area (Å²) in [5.74, 6) is 2.60. The number of carbonyl (C=O) groups is 1. The van der Waals surface area contributed by atoms with Crippen LogP contribution in [0.1, 0.15) is 66.1 Å². The fourth-order valence-corrected chi connectivity index (χ4v) is 6.37. The maximum Gasteiger partial charge on any atom is 0.332 e. The Morgan fingerprint density at radius 1 is 1.09 bits per heavy atom. The van der Waals surface area contributed by atoms with E-state index in [4.69, 9.17) is 4.98 Å². The van der Waals surface area contributed by atoms with Crippen LogP contribution >= 0.6 is 11.8 Å². The number of carbonyl (C=O) groups excluding carboxylic acids is 1. The van der Waals surface area contributed by atoms with Crippen LogP contribution in [0.15, 0.2) is 14.6 Å². The number of nitrogens with one attached hydrogen (secondary N) is 1. The summed E-state index contributed by atoms with van der Waals surface area (Å²) < 4.78 is 2.44. The third-order valence-corrected chi connectivity index (χ3v) is 8.49. The van der Waals surface area contributed by atoms with E-state index in [0.717, 1.165) is 16.4 Å². The van der Waals surface area contributed by atoms with Crippen molar-refractivity contribution in [3.05, 3.63) is 26.7 Å². The van der Waals surface area contributed by atoms with Crippen LogP contribution in [0.5, 0.6) is 0 Å². The highest BCUT2D eigenvalue weighted by molar-refractivity contribution is 8.00. The second kappa shape index (κ2) is 8.56. The Morgan fingerprint density at radius 2 is 1.79 bits per heavy atom. The molecule has 8 nitrogen and oxygen atoms in total. The molecule has 0 radical (unpaired) electrons. The van der Waals surface area contributed by atoms with Gasteiger partial charge < -0.3 is 5.32 Å². The van der Waals surface area contributed by atoms with Crippen molar-refractivity contribution in [3.63, 3.8) is 0 Å². The molecule has 180 valence electrons. The minimum absolute atomic E-state index is 0.0546. The lowest BCUT2D eigenvalue weighted by Gasteiger charge is -2.29. The molecule has 33 heavy (non-hydrogen) atoms. The highest BCUT2D eigenvalue weighted by Crippen LogP contribution is 2.49. The summed E-state index contributed by atoms with van der Waals surface area (Å²) in [6.07, 6.45) is 5.13. The van der Waals surface area contributed by atoms with Crippen molar-refractivity contribution in [2.75, 3.05) is 0 Å². The lowest BCUT2D eigenvalue weighted by atomic mass is 9.84. The average molecular weight is 474 g/mol. The van der Waals surface area contributed by atoms with Crippen molar-refractivity contribution in [1.82, 2.24) is 24.4 Å². The Morgan fingerprint density at radius 3 is 2.36 bits per heavy atom. The highest BCUT2D eigenvalue weighted by atomic mass is 32.2. The largest absolute Gasteiger partial charge is 0.352 e. The molecule has 5 atom stereocenters. The normalized spacial score (nSPS) is 24.3. The Labute approximate surface area is 198 Å². The first kappa shape index (κ1) is 24.0. The molecule has 2 aromatic heterocycles. The number of nitrogens with zero attached hydrogens (tertiary/aromatic N) is 4. The molecule has 2 aromatic rings. The molecule has 0 unspecified atom stereocenters. The first-order valence-corrected chi connectivity index (χ1v) is 12.7. The predicted octanol–water partition coefficient (Wildman–Crippen LogP) is 2.75. The van der Waals surface area contributed by atoms with Crippen LogP contribution in [0, 0.1) is 17.8 Å². The van der Waals surface area contributed by atoms with Crippen LogP contribution in [0.3, 0.4) is 0 Å². The van der Waals surface area contributed by atoms with Crippen molar-refractivity contribution >= 4 is 28.7 Å². The molecule has 2 aliphatic carbocycles. The summed E-state index contributed by atoms with van der Waals surface area (Å²) in [6.45, 7) is 9.90. The van der Waals surface area contributed by atoms with Crippen molar-refractivity contribution in [2.45, 2.75) is 82.0 Å². The molecule has 0 spiro atoms. The summed E-state index contributed by atoms with van der Waals surface area (Å²) in [7, 11) is 3.05. The standard InChI is InChI=1S/C24H35N5O3S/c1-12(16-11-14-8-9-15(16)10-14)25-19(30)13(2)33-20-17-18(26-22(27-20)24(3,4)5)28(6)23(32)29(7)21(17)31/h12-16H,8-11H2,1-7H3,(H,25,30)/t12-,13-,14-,15-,16-/m0/s1. The zero-order chi connectivity index (χ0) is 24.2. The van der Waals surface area contributed by atoms with Gasteiger partial charge in [-0.1, -0.05) is 39.0 Å². The van der Waals surface area contributed by atoms with Crippen molar-refractivity contribution < 1.29 is 4.79 Å². The second-order valence-electron chi connectivity index (χ2n) is 10.9. The van der Waals surface area contributed by atoms with Crippen LogP contribution in [0.4, 0.5) is 0 Å². The minimum atomic E-state index is -0.445. The number of aryl methyl sites for hydroxylation is 1. The highest BCUT2D eigenvalue weighted by Gasteiger charge is 2.42. The predicted molar refractivity (Wildman–Crippen MR) is 131 cm³/mol. The van der Waals surface area contributed by atoms with Crippen LogP contribution in [0.2, 0.25) is 0 Å². The third kappa shape index (κ3) is 4.36. The van der Waals surface area contributed by atoms with E-state index in [2.05, 4.69) is 17.2 Å². The van der Waals surface area contributed by atoms with E-state index in [0.29, 0.717) is 22.4 Å². The van der Waals surface area contributed by atoms with E-state index in [1.807, 2.05) is 27.7 Å². The molecule has 0 saturated heterocycles. The van der Waals surface area contributed by atoms with Crippen LogP contribution < -0.4 is 16.6 Å². The molecule has 1 N–H and O–H groups in total. The first-order chi connectivity index (χ1) is 15.4. The van der Waals surface area contributed by atoms with Gasteiger partial charge in [-0.2, -0.15) is 0 Å². The average Bonchev–Trinajstić information content (AvgIpc) is 3.38.